The van der Waals surface area contributed by atoms with E-state index in [4.69, 9.17) is 30.5 Å². The topological polar surface area (TPSA) is 83.1 Å². The minimum atomic E-state index is -0.625. The molecule has 0 aliphatic rings. The standard InChI is InChI=1S/C19H20ClNO6/c1-11-7-12(5-6-14(11)20)27-10-18(22)21-15-9-17(25-3)16(24-2)8-13(15)19(23)26-4/h5-9H,10H2,1-4H3,(H,21,22). The lowest BCUT2D eigenvalue weighted by Crippen LogP contribution is -2.22. The Morgan fingerprint density at radius 3 is 2.30 bits per heavy atom. The number of aryl methyl sites for hydroxylation is 1. The van der Waals surface area contributed by atoms with E-state index in [1.54, 1.807) is 18.2 Å². The first-order valence-electron chi connectivity index (χ1n) is 7.92. The first-order chi connectivity index (χ1) is 12.9. The van der Waals surface area contributed by atoms with E-state index in [2.05, 4.69) is 5.32 Å². The molecule has 0 heterocycles. The van der Waals surface area contributed by atoms with Gasteiger partial charge in [-0.2, -0.15) is 0 Å². The Bertz CT molecular complexity index is 852. The number of methoxy groups -OCH3 is 3. The highest BCUT2D eigenvalue weighted by atomic mass is 35.5. The van der Waals surface area contributed by atoms with Crippen LogP contribution in [0.2, 0.25) is 5.02 Å². The zero-order valence-corrected chi connectivity index (χ0v) is 16.2. The summed E-state index contributed by atoms with van der Waals surface area (Å²) in [5, 5.41) is 3.23. The maximum Gasteiger partial charge on any atom is 0.340 e. The van der Waals surface area contributed by atoms with Gasteiger partial charge in [0.2, 0.25) is 0 Å². The third-order valence-corrected chi connectivity index (χ3v) is 4.13. The van der Waals surface area contributed by atoms with E-state index in [0.717, 1.165) is 5.56 Å². The lowest BCUT2D eigenvalue weighted by atomic mass is 10.1. The summed E-state index contributed by atoms with van der Waals surface area (Å²) >= 11 is 5.96. The molecule has 0 spiro atoms. The monoisotopic (exact) mass is 393 g/mol. The van der Waals surface area contributed by atoms with Crippen LogP contribution >= 0.6 is 11.6 Å². The van der Waals surface area contributed by atoms with Gasteiger partial charge in [0.05, 0.1) is 32.6 Å². The minimum absolute atomic E-state index is 0.130. The number of nitrogens with one attached hydrogen (secondary N) is 1. The van der Waals surface area contributed by atoms with Gasteiger partial charge in [0.15, 0.2) is 18.1 Å². The molecule has 2 aromatic rings. The molecule has 27 heavy (non-hydrogen) atoms. The number of halogens is 1. The van der Waals surface area contributed by atoms with E-state index in [9.17, 15) is 9.59 Å². The number of hydrogen-bond donors (Lipinski definition) is 1. The third-order valence-electron chi connectivity index (χ3n) is 3.70. The van der Waals surface area contributed by atoms with Gasteiger partial charge in [0, 0.05) is 17.2 Å². The zero-order valence-electron chi connectivity index (χ0n) is 15.4. The van der Waals surface area contributed by atoms with Crippen LogP contribution in [-0.4, -0.2) is 39.8 Å². The number of carbonyl (C=O) groups is 2. The Hall–Kier alpha value is -2.93. The van der Waals surface area contributed by atoms with E-state index in [-0.39, 0.29) is 17.9 Å². The van der Waals surface area contributed by atoms with Gasteiger partial charge in [-0.1, -0.05) is 11.6 Å². The second-order valence-corrected chi connectivity index (χ2v) is 5.90. The van der Waals surface area contributed by atoms with Crippen molar-refractivity contribution in [3.8, 4) is 17.2 Å². The Balaban J connectivity index is 2.17. The van der Waals surface area contributed by atoms with E-state index in [0.29, 0.717) is 22.3 Å². The first-order valence-corrected chi connectivity index (χ1v) is 8.30. The fraction of sp³-hybridized carbons (Fsp3) is 0.263. The molecule has 0 aliphatic heterocycles. The smallest absolute Gasteiger partial charge is 0.340 e. The van der Waals surface area contributed by atoms with Gasteiger partial charge in [0.1, 0.15) is 5.75 Å². The molecule has 0 saturated carbocycles. The molecule has 2 rings (SSSR count). The normalized spacial score (nSPS) is 10.1. The maximum absolute atomic E-state index is 12.3. The molecule has 0 fully saturated rings. The van der Waals surface area contributed by atoms with Crippen molar-refractivity contribution < 1.29 is 28.5 Å². The lowest BCUT2D eigenvalue weighted by Gasteiger charge is -2.15. The van der Waals surface area contributed by atoms with Crippen molar-refractivity contribution in [2.24, 2.45) is 0 Å². The highest BCUT2D eigenvalue weighted by molar-refractivity contribution is 6.31. The molecular weight excluding hydrogens is 374 g/mol. The number of ether oxygens (including phenoxy) is 4. The number of anilines is 1. The van der Waals surface area contributed by atoms with Crippen molar-refractivity contribution in [3.63, 3.8) is 0 Å². The van der Waals surface area contributed by atoms with E-state index >= 15 is 0 Å². The number of rotatable bonds is 7. The zero-order chi connectivity index (χ0) is 20.0. The molecule has 0 bridgehead atoms. The molecule has 7 nitrogen and oxygen atoms in total. The molecule has 1 N–H and O–H groups in total. The number of carbonyl (C=O) groups excluding carboxylic acids is 2. The summed E-state index contributed by atoms with van der Waals surface area (Å²) in [7, 11) is 4.14. The van der Waals surface area contributed by atoms with Crippen molar-refractivity contribution in [1.29, 1.82) is 0 Å². The van der Waals surface area contributed by atoms with E-state index in [1.807, 2.05) is 6.92 Å². The molecule has 0 aromatic heterocycles. The molecule has 8 heteroatoms. The predicted octanol–water partition coefficient (Wildman–Crippen LogP) is 3.47. The fourth-order valence-electron chi connectivity index (χ4n) is 2.30. The fourth-order valence-corrected chi connectivity index (χ4v) is 2.42. The molecule has 0 aliphatic carbocycles. The van der Waals surface area contributed by atoms with Crippen molar-refractivity contribution in [2.75, 3.05) is 33.3 Å². The summed E-state index contributed by atoms with van der Waals surface area (Å²) in [6.07, 6.45) is 0. The number of amides is 1. The molecule has 0 saturated heterocycles. The van der Waals surface area contributed by atoms with E-state index in [1.165, 1.54) is 33.5 Å². The molecule has 2 aromatic carbocycles. The second-order valence-electron chi connectivity index (χ2n) is 5.49. The van der Waals surface area contributed by atoms with Gasteiger partial charge >= 0.3 is 5.97 Å². The van der Waals surface area contributed by atoms with Crippen molar-refractivity contribution >= 4 is 29.2 Å². The summed E-state index contributed by atoms with van der Waals surface area (Å²) in [4.78, 5) is 24.3. The first kappa shape index (κ1) is 20.4. The molecule has 0 atom stereocenters. The number of esters is 1. The SMILES string of the molecule is COC(=O)c1cc(OC)c(OC)cc1NC(=O)COc1ccc(Cl)c(C)c1. The second kappa shape index (κ2) is 9.14. The third kappa shape index (κ3) is 5.04. The number of benzene rings is 2. The van der Waals surface area contributed by atoms with Crippen LogP contribution in [0.3, 0.4) is 0 Å². The van der Waals surface area contributed by atoms with Crippen molar-refractivity contribution in [3.05, 3.63) is 46.5 Å². The highest BCUT2D eigenvalue weighted by Gasteiger charge is 2.19. The van der Waals surface area contributed by atoms with Crippen LogP contribution in [0.1, 0.15) is 15.9 Å². The molecule has 0 radical (unpaired) electrons. The largest absolute Gasteiger partial charge is 0.493 e. The quantitative estimate of drug-likeness (QED) is 0.725. The van der Waals surface area contributed by atoms with Crippen LogP contribution in [0.4, 0.5) is 5.69 Å². The summed E-state index contributed by atoms with van der Waals surface area (Å²) in [6.45, 7) is 1.58. The number of hydrogen-bond acceptors (Lipinski definition) is 6. The average Bonchev–Trinajstić information content (AvgIpc) is 2.67. The Morgan fingerprint density at radius 2 is 1.70 bits per heavy atom. The summed E-state index contributed by atoms with van der Waals surface area (Å²) < 4.78 is 20.6. The Labute approximate surface area is 162 Å². The van der Waals surface area contributed by atoms with Gasteiger partial charge in [-0.25, -0.2) is 4.79 Å². The predicted molar refractivity (Wildman–Crippen MR) is 101 cm³/mol. The summed E-state index contributed by atoms with van der Waals surface area (Å²) in [5.74, 6) is 0.117. The van der Waals surface area contributed by atoms with Gasteiger partial charge in [-0.15, -0.1) is 0 Å². The molecular formula is C19H20ClNO6. The van der Waals surface area contributed by atoms with Crippen LogP contribution in [0.25, 0.3) is 0 Å². The van der Waals surface area contributed by atoms with E-state index < -0.39 is 11.9 Å². The van der Waals surface area contributed by atoms with Gasteiger partial charge in [0.25, 0.3) is 5.91 Å². The van der Waals surface area contributed by atoms with Crippen LogP contribution < -0.4 is 19.5 Å². The summed E-state index contributed by atoms with van der Waals surface area (Å²) in [5.41, 5.74) is 1.19. The van der Waals surface area contributed by atoms with Crippen LogP contribution in [0.15, 0.2) is 30.3 Å². The van der Waals surface area contributed by atoms with Crippen molar-refractivity contribution in [2.45, 2.75) is 6.92 Å². The van der Waals surface area contributed by atoms with Crippen LogP contribution in [0.5, 0.6) is 17.2 Å². The maximum atomic E-state index is 12.3. The molecule has 1 amide bonds. The van der Waals surface area contributed by atoms with Crippen LogP contribution in [-0.2, 0) is 9.53 Å². The van der Waals surface area contributed by atoms with Gasteiger partial charge < -0.3 is 24.3 Å². The van der Waals surface area contributed by atoms with Crippen LogP contribution in [0, 0.1) is 6.92 Å². The molecule has 0 unspecified atom stereocenters. The van der Waals surface area contributed by atoms with Gasteiger partial charge in [-0.05, 0) is 30.7 Å². The van der Waals surface area contributed by atoms with Crippen molar-refractivity contribution in [1.82, 2.24) is 0 Å². The highest BCUT2D eigenvalue weighted by Crippen LogP contribution is 2.33. The lowest BCUT2D eigenvalue weighted by molar-refractivity contribution is -0.118. The Kier molecular flexibility index (Phi) is 6.90. The average molecular weight is 394 g/mol. The van der Waals surface area contributed by atoms with Gasteiger partial charge in [-0.3, -0.25) is 4.79 Å². The summed E-state index contributed by atoms with van der Waals surface area (Å²) in [6, 6.07) is 8.00. The Morgan fingerprint density at radius 1 is 1.04 bits per heavy atom. The minimum Gasteiger partial charge on any atom is -0.493 e. The molecule has 144 valence electrons.